The van der Waals surface area contributed by atoms with E-state index in [0.717, 1.165) is 0 Å². The van der Waals surface area contributed by atoms with Crippen molar-refractivity contribution >= 4 is 11.8 Å². The number of amides is 2. The van der Waals surface area contributed by atoms with Crippen LogP contribution in [0.25, 0.3) is 0 Å². The van der Waals surface area contributed by atoms with Crippen LogP contribution in [0.4, 0.5) is 0 Å². The average molecular weight is 250 g/mol. The Balaban J connectivity index is 2.08. The zero-order valence-electron chi connectivity index (χ0n) is 9.92. The number of hydrogen-bond acceptors (Lipinski definition) is 4. The van der Waals surface area contributed by atoms with Crippen LogP contribution in [0.15, 0.2) is 24.3 Å². The number of hydrogen-bond donors (Lipinski definition) is 2. The van der Waals surface area contributed by atoms with E-state index in [0.29, 0.717) is 11.3 Å². The lowest BCUT2D eigenvalue weighted by Crippen LogP contribution is -2.69. The summed E-state index contributed by atoms with van der Waals surface area (Å²) < 4.78 is 5.02. The molecule has 6 nitrogen and oxygen atoms in total. The predicted octanol–water partition coefficient (Wildman–Crippen LogP) is -0.633. The Kier molecular flexibility index (Phi) is 2.96. The normalized spacial score (nSPS) is 16.9. The topological polar surface area (TPSA) is 92.9 Å². The van der Waals surface area contributed by atoms with Crippen molar-refractivity contribution in [3.05, 3.63) is 29.8 Å². The van der Waals surface area contributed by atoms with Gasteiger partial charge in [-0.3, -0.25) is 9.59 Å². The van der Waals surface area contributed by atoms with Crippen LogP contribution < -0.4 is 10.5 Å². The number of ether oxygens (including phenoxy) is 1. The van der Waals surface area contributed by atoms with Crippen LogP contribution >= 0.6 is 0 Å². The summed E-state index contributed by atoms with van der Waals surface area (Å²) in [5.74, 6) is -0.497. The van der Waals surface area contributed by atoms with E-state index < -0.39 is 11.5 Å². The average Bonchev–Trinajstić information content (AvgIpc) is 2.34. The molecule has 0 unspecified atom stereocenters. The zero-order chi connectivity index (χ0) is 13.3. The Morgan fingerprint density at radius 2 is 2.11 bits per heavy atom. The molecule has 18 heavy (non-hydrogen) atoms. The fourth-order valence-corrected chi connectivity index (χ4v) is 1.82. The number of methoxy groups -OCH3 is 1. The molecule has 0 atom stereocenters. The number of primary amides is 1. The maximum Gasteiger partial charge on any atom is 0.254 e. The van der Waals surface area contributed by atoms with Crippen LogP contribution in [0.3, 0.4) is 0 Å². The molecule has 0 aliphatic carbocycles. The number of rotatable bonds is 3. The zero-order valence-corrected chi connectivity index (χ0v) is 9.92. The first-order valence-electron chi connectivity index (χ1n) is 5.42. The predicted molar refractivity (Wildman–Crippen MR) is 63.0 cm³/mol. The van der Waals surface area contributed by atoms with E-state index in [-0.39, 0.29) is 19.0 Å². The smallest absolute Gasteiger partial charge is 0.254 e. The summed E-state index contributed by atoms with van der Waals surface area (Å²) >= 11 is 0. The molecule has 0 aromatic heterocycles. The van der Waals surface area contributed by atoms with Crippen LogP contribution in [-0.4, -0.2) is 47.6 Å². The summed E-state index contributed by atoms with van der Waals surface area (Å²) in [6, 6.07) is 6.68. The van der Waals surface area contributed by atoms with Gasteiger partial charge in [-0.1, -0.05) is 6.07 Å². The van der Waals surface area contributed by atoms with E-state index in [1.807, 2.05) is 0 Å². The van der Waals surface area contributed by atoms with E-state index >= 15 is 0 Å². The van der Waals surface area contributed by atoms with Crippen molar-refractivity contribution in [3.8, 4) is 5.75 Å². The van der Waals surface area contributed by atoms with Gasteiger partial charge in [0, 0.05) is 5.56 Å². The minimum absolute atomic E-state index is 0.0711. The van der Waals surface area contributed by atoms with Crippen molar-refractivity contribution in [2.24, 2.45) is 5.73 Å². The van der Waals surface area contributed by atoms with Crippen LogP contribution in [0.2, 0.25) is 0 Å². The van der Waals surface area contributed by atoms with Gasteiger partial charge in [-0.05, 0) is 18.2 Å². The number of nitrogens with zero attached hydrogens (tertiary/aromatic N) is 1. The lowest BCUT2D eigenvalue weighted by molar-refractivity contribution is -0.151. The van der Waals surface area contributed by atoms with Gasteiger partial charge in [0.25, 0.3) is 11.8 Å². The lowest BCUT2D eigenvalue weighted by Gasteiger charge is -2.44. The highest BCUT2D eigenvalue weighted by atomic mass is 16.5. The van der Waals surface area contributed by atoms with E-state index in [2.05, 4.69) is 0 Å². The summed E-state index contributed by atoms with van der Waals surface area (Å²) in [7, 11) is 1.51. The Hall–Kier alpha value is -2.08. The molecule has 2 amide bonds. The van der Waals surface area contributed by atoms with Crippen LogP contribution in [0.1, 0.15) is 10.4 Å². The summed E-state index contributed by atoms with van der Waals surface area (Å²) in [6.07, 6.45) is 0. The molecule has 3 N–H and O–H groups in total. The number of likely N-dealkylation sites (tertiary alicyclic amines) is 1. The quantitative estimate of drug-likeness (QED) is 0.746. The Labute approximate surface area is 104 Å². The third-order valence-electron chi connectivity index (χ3n) is 2.97. The molecule has 1 aromatic carbocycles. The van der Waals surface area contributed by atoms with Crippen molar-refractivity contribution in [1.29, 1.82) is 0 Å². The fourth-order valence-electron chi connectivity index (χ4n) is 1.82. The molecule has 1 aromatic rings. The van der Waals surface area contributed by atoms with Gasteiger partial charge >= 0.3 is 0 Å². The third kappa shape index (κ3) is 2.02. The van der Waals surface area contributed by atoms with Gasteiger partial charge in [0.1, 0.15) is 5.75 Å². The first-order valence-corrected chi connectivity index (χ1v) is 5.42. The summed E-state index contributed by atoms with van der Waals surface area (Å²) in [5.41, 5.74) is 3.89. The highest BCUT2D eigenvalue weighted by molar-refractivity contribution is 5.97. The van der Waals surface area contributed by atoms with E-state index in [1.54, 1.807) is 24.3 Å². The molecule has 96 valence electrons. The van der Waals surface area contributed by atoms with Gasteiger partial charge in [0.2, 0.25) is 0 Å². The number of carbonyl (C=O) groups is 2. The second-order valence-electron chi connectivity index (χ2n) is 4.29. The van der Waals surface area contributed by atoms with Crippen LogP contribution in [0.5, 0.6) is 5.75 Å². The molecular formula is C12H14N2O4. The molecule has 0 bridgehead atoms. The Morgan fingerprint density at radius 3 is 2.67 bits per heavy atom. The van der Waals surface area contributed by atoms with Gasteiger partial charge in [0.15, 0.2) is 5.60 Å². The van der Waals surface area contributed by atoms with Gasteiger partial charge in [0.05, 0.1) is 20.2 Å². The summed E-state index contributed by atoms with van der Waals surface area (Å²) in [6.45, 7) is -0.142. The molecule has 1 aliphatic heterocycles. The summed E-state index contributed by atoms with van der Waals surface area (Å²) in [4.78, 5) is 24.3. The monoisotopic (exact) mass is 250 g/mol. The molecule has 2 rings (SSSR count). The molecule has 1 heterocycles. The molecule has 1 saturated heterocycles. The first kappa shape index (κ1) is 12.4. The van der Waals surface area contributed by atoms with E-state index in [9.17, 15) is 14.7 Å². The number of carbonyl (C=O) groups excluding carboxylic acids is 2. The van der Waals surface area contributed by atoms with Crippen molar-refractivity contribution in [1.82, 2.24) is 4.90 Å². The highest BCUT2D eigenvalue weighted by Gasteiger charge is 2.48. The summed E-state index contributed by atoms with van der Waals surface area (Å²) in [5, 5.41) is 9.66. The maximum atomic E-state index is 12.0. The van der Waals surface area contributed by atoms with E-state index in [1.165, 1.54) is 12.0 Å². The second kappa shape index (κ2) is 4.30. The molecule has 0 spiro atoms. The Morgan fingerprint density at radius 1 is 1.44 bits per heavy atom. The molecule has 0 radical (unpaired) electrons. The number of benzene rings is 1. The minimum Gasteiger partial charge on any atom is -0.497 e. The standard InChI is InChI=1S/C12H14N2O4/c1-18-9-4-2-3-8(5-9)10(15)14-6-12(17,7-14)11(13)16/h2-5,17H,6-7H2,1H3,(H2,13,16). The van der Waals surface area contributed by atoms with Crippen LogP contribution in [-0.2, 0) is 4.79 Å². The second-order valence-corrected chi connectivity index (χ2v) is 4.29. The van der Waals surface area contributed by atoms with Crippen molar-refractivity contribution in [2.45, 2.75) is 5.60 Å². The number of aliphatic hydroxyl groups is 1. The number of nitrogens with two attached hydrogens (primary N) is 1. The number of β-amino-alcohol motifs (C(OH)–C–C–N with tert-alkyl or cyclic N) is 1. The fraction of sp³-hybridized carbons (Fsp3) is 0.333. The lowest BCUT2D eigenvalue weighted by atomic mass is 9.92. The van der Waals surface area contributed by atoms with Gasteiger partial charge in [-0.15, -0.1) is 0 Å². The van der Waals surface area contributed by atoms with Crippen molar-refractivity contribution in [3.63, 3.8) is 0 Å². The minimum atomic E-state index is -1.59. The molecule has 0 saturated carbocycles. The third-order valence-corrected chi connectivity index (χ3v) is 2.97. The molecule has 1 aliphatic rings. The van der Waals surface area contributed by atoms with Gasteiger partial charge in [-0.25, -0.2) is 0 Å². The molecular weight excluding hydrogens is 236 g/mol. The SMILES string of the molecule is COc1cccc(C(=O)N2CC(O)(C(N)=O)C2)c1. The van der Waals surface area contributed by atoms with Gasteiger partial charge < -0.3 is 20.5 Å². The Bertz CT molecular complexity index is 495. The first-order chi connectivity index (χ1) is 8.46. The molecule has 1 fully saturated rings. The molecule has 6 heteroatoms. The largest absolute Gasteiger partial charge is 0.497 e. The van der Waals surface area contributed by atoms with Crippen LogP contribution in [0, 0.1) is 0 Å². The van der Waals surface area contributed by atoms with Crippen molar-refractivity contribution in [2.75, 3.05) is 20.2 Å². The highest BCUT2D eigenvalue weighted by Crippen LogP contribution is 2.23. The maximum absolute atomic E-state index is 12.0. The van der Waals surface area contributed by atoms with Crippen molar-refractivity contribution < 1.29 is 19.4 Å². The van der Waals surface area contributed by atoms with Gasteiger partial charge in [-0.2, -0.15) is 0 Å². The van der Waals surface area contributed by atoms with E-state index in [4.69, 9.17) is 10.5 Å².